The van der Waals surface area contributed by atoms with Crippen LogP contribution < -0.4 is 5.43 Å². The van der Waals surface area contributed by atoms with Crippen LogP contribution in [-0.2, 0) is 4.79 Å². The van der Waals surface area contributed by atoms with Gasteiger partial charge in [0.25, 0.3) is 0 Å². The van der Waals surface area contributed by atoms with Crippen molar-refractivity contribution in [2.45, 2.75) is 33.1 Å². The maximum Gasteiger partial charge on any atom is 0.227 e. The molecule has 1 rings (SSSR count). The number of allylic oxidation sites excluding steroid dienone is 2. The number of rotatable bonds is 5. The predicted octanol–water partition coefficient (Wildman–Crippen LogP) is 1.85. The molecule has 72 valence electrons. The Morgan fingerprint density at radius 1 is 1.62 bits per heavy atom. The third-order valence-corrected chi connectivity index (χ3v) is 2.19. The van der Waals surface area contributed by atoms with Crippen molar-refractivity contribution in [1.29, 1.82) is 0 Å². The molecule has 13 heavy (non-hydrogen) atoms. The first-order chi connectivity index (χ1) is 6.27. The second-order valence-electron chi connectivity index (χ2n) is 3.40. The highest BCUT2D eigenvalue weighted by molar-refractivity contribution is 5.99. The van der Waals surface area contributed by atoms with E-state index >= 15 is 0 Å². The summed E-state index contributed by atoms with van der Waals surface area (Å²) < 4.78 is 0. The SMILES string of the molecule is CC/C(C)=C/C(=N\NC=O)C1CC1. The Labute approximate surface area is 78.9 Å². The number of carbonyl (C=O) groups excluding carboxylic acids is 1. The standard InChI is InChI=1S/C10H16N2O/c1-3-8(2)6-10(9-4-5-9)12-11-7-13/h6-7,9H,3-5H2,1-2H3,(H,11,13)/b8-6+,12-10+. The lowest BCUT2D eigenvalue weighted by Crippen LogP contribution is -2.08. The van der Waals surface area contributed by atoms with Crippen molar-refractivity contribution in [3.63, 3.8) is 0 Å². The smallest absolute Gasteiger partial charge is 0.227 e. The predicted molar refractivity (Wildman–Crippen MR) is 53.4 cm³/mol. The van der Waals surface area contributed by atoms with Crippen molar-refractivity contribution in [2.24, 2.45) is 11.0 Å². The van der Waals surface area contributed by atoms with Gasteiger partial charge in [-0.05, 0) is 32.3 Å². The zero-order valence-corrected chi connectivity index (χ0v) is 8.21. The molecule has 0 heterocycles. The number of hydrogen-bond acceptors (Lipinski definition) is 2. The Balaban J connectivity index is 2.61. The molecule has 0 aromatic carbocycles. The van der Waals surface area contributed by atoms with Gasteiger partial charge in [0.05, 0.1) is 5.71 Å². The molecule has 0 unspecified atom stereocenters. The van der Waals surface area contributed by atoms with Crippen molar-refractivity contribution in [1.82, 2.24) is 5.43 Å². The van der Waals surface area contributed by atoms with Gasteiger partial charge in [-0.1, -0.05) is 12.5 Å². The molecular formula is C10H16N2O. The van der Waals surface area contributed by atoms with Gasteiger partial charge in [-0.25, -0.2) is 5.43 Å². The molecule has 0 atom stereocenters. The molecule has 1 aliphatic carbocycles. The Morgan fingerprint density at radius 3 is 2.77 bits per heavy atom. The zero-order chi connectivity index (χ0) is 9.68. The number of nitrogens with zero attached hydrogens (tertiary/aromatic N) is 1. The van der Waals surface area contributed by atoms with E-state index in [-0.39, 0.29) is 0 Å². The summed E-state index contributed by atoms with van der Waals surface area (Å²) in [6.45, 7) is 4.20. The summed E-state index contributed by atoms with van der Waals surface area (Å²) in [5.41, 5.74) is 4.69. The van der Waals surface area contributed by atoms with Crippen LogP contribution in [0, 0.1) is 5.92 Å². The molecule has 1 aliphatic rings. The second kappa shape index (κ2) is 4.80. The van der Waals surface area contributed by atoms with Crippen LogP contribution in [-0.4, -0.2) is 12.1 Å². The van der Waals surface area contributed by atoms with Crippen LogP contribution in [0.15, 0.2) is 16.8 Å². The Hall–Kier alpha value is -1.12. The fourth-order valence-corrected chi connectivity index (χ4v) is 1.08. The van der Waals surface area contributed by atoms with Gasteiger partial charge < -0.3 is 0 Å². The quantitative estimate of drug-likeness (QED) is 0.391. The summed E-state index contributed by atoms with van der Waals surface area (Å²) >= 11 is 0. The molecule has 1 fully saturated rings. The van der Waals surface area contributed by atoms with Gasteiger partial charge in [0.2, 0.25) is 6.41 Å². The van der Waals surface area contributed by atoms with Gasteiger partial charge >= 0.3 is 0 Å². The molecule has 0 saturated heterocycles. The van der Waals surface area contributed by atoms with Crippen molar-refractivity contribution in [3.8, 4) is 0 Å². The van der Waals surface area contributed by atoms with Crippen molar-refractivity contribution < 1.29 is 4.79 Å². The molecule has 3 heteroatoms. The summed E-state index contributed by atoms with van der Waals surface area (Å²) in [6, 6.07) is 0. The minimum Gasteiger partial charge on any atom is -0.277 e. The van der Waals surface area contributed by atoms with Gasteiger partial charge in [-0.2, -0.15) is 5.10 Å². The first kappa shape index (κ1) is 9.96. The lowest BCUT2D eigenvalue weighted by Gasteiger charge is -1.99. The number of hydrazone groups is 1. The van der Waals surface area contributed by atoms with Gasteiger partial charge in [0, 0.05) is 5.92 Å². The van der Waals surface area contributed by atoms with Crippen LogP contribution in [0.2, 0.25) is 0 Å². The average molecular weight is 180 g/mol. The van der Waals surface area contributed by atoms with Gasteiger partial charge in [-0.3, -0.25) is 4.79 Å². The van der Waals surface area contributed by atoms with Crippen molar-refractivity contribution in [3.05, 3.63) is 11.6 Å². The van der Waals surface area contributed by atoms with E-state index in [0.29, 0.717) is 12.3 Å². The number of amides is 1. The topological polar surface area (TPSA) is 41.5 Å². The summed E-state index contributed by atoms with van der Waals surface area (Å²) in [7, 11) is 0. The van der Waals surface area contributed by atoms with Crippen LogP contribution >= 0.6 is 0 Å². The normalized spacial score (nSPS) is 18.6. The van der Waals surface area contributed by atoms with Crippen LogP contribution in [0.25, 0.3) is 0 Å². The highest BCUT2D eigenvalue weighted by atomic mass is 16.1. The molecule has 0 aromatic heterocycles. The number of carbonyl (C=O) groups is 1. The van der Waals surface area contributed by atoms with Gasteiger partial charge in [0.1, 0.15) is 0 Å². The average Bonchev–Trinajstić information content (AvgIpc) is 2.94. The van der Waals surface area contributed by atoms with Gasteiger partial charge in [-0.15, -0.1) is 0 Å². The molecule has 0 bridgehead atoms. The molecule has 3 nitrogen and oxygen atoms in total. The van der Waals surface area contributed by atoms with Crippen molar-refractivity contribution in [2.75, 3.05) is 0 Å². The van der Waals surface area contributed by atoms with E-state index in [2.05, 4.69) is 30.5 Å². The highest BCUT2D eigenvalue weighted by Gasteiger charge is 2.26. The fraction of sp³-hybridized carbons (Fsp3) is 0.600. The maximum absolute atomic E-state index is 10.1. The molecule has 1 amide bonds. The van der Waals surface area contributed by atoms with Crippen LogP contribution in [0.3, 0.4) is 0 Å². The summed E-state index contributed by atoms with van der Waals surface area (Å²) in [4.78, 5) is 10.1. The van der Waals surface area contributed by atoms with E-state index in [1.807, 2.05) is 0 Å². The lowest BCUT2D eigenvalue weighted by molar-refractivity contribution is -0.109. The first-order valence-corrected chi connectivity index (χ1v) is 4.71. The molecular weight excluding hydrogens is 164 g/mol. The second-order valence-corrected chi connectivity index (χ2v) is 3.40. The van der Waals surface area contributed by atoms with E-state index in [4.69, 9.17) is 0 Å². The first-order valence-electron chi connectivity index (χ1n) is 4.71. The summed E-state index contributed by atoms with van der Waals surface area (Å²) in [5, 5.41) is 4.01. The Kier molecular flexibility index (Phi) is 3.68. The maximum atomic E-state index is 10.1. The third kappa shape index (κ3) is 3.40. The molecule has 1 saturated carbocycles. The van der Waals surface area contributed by atoms with Crippen LogP contribution in [0.1, 0.15) is 33.1 Å². The highest BCUT2D eigenvalue weighted by Crippen LogP contribution is 2.31. The number of hydrogen-bond donors (Lipinski definition) is 1. The lowest BCUT2D eigenvalue weighted by atomic mass is 10.1. The minimum absolute atomic E-state index is 0.578. The Morgan fingerprint density at radius 2 is 2.31 bits per heavy atom. The van der Waals surface area contributed by atoms with E-state index in [9.17, 15) is 4.79 Å². The van der Waals surface area contributed by atoms with E-state index in [1.54, 1.807) is 0 Å². The van der Waals surface area contributed by atoms with Gasteiger partial charge in [0.15, 0.2) is 0 Å². The molecule has 0 radical (unpaired) electrons. The van der Waals surface area contributed by atoms with Crippen LogP contribution in [0.4, 0.5) is 0 Å². The Bertz CT molecular complexity index is 239. The van der Waals surface area contributed by atoms with E-state index < -0.39 is 0 Å². The molecule has 0 aromatic rings. The summed E-state index contributed by atoms with van der Waals surface area (Å²) in [5.74, 6) is 0.578. The monoisotopic (exact) mass is 180 g/mol. The third-order valence-electron chi connectivity index (χ3n) is 2.19. The fourth-order valence-electron chi connectivity index (χ4n) is 1.08. The van der Waals surface area contributed by atoms with Crippen LogP contribution in [0.5, 0.6) is 0 Å². The number of nitrogens with one attached hydrogen (secondary N) is 1. The molecule has 0 aliphatic heterocycles. The van der Waals surface area contributed by atoms with Crippen molar-refractivity contribution >= 4 is 12.1 Å². The zero-order valence-electron chi connectivity index (χ0n) is 8.21. The summed E-state index contributed by atoms with van der Waals surface area (Å²) in [6.07, 6.45) is 6.12. The molecule has 1 N–H and O–H groups in total. The molecule has 0 spiro atoms. The van der Waals surface area contributed by atoms with E-state index in [1.165, 1.54) is 18.4 Å². The minimum atomic E-state index is 0.578. The largest absolute Gasteiger partial charge is 0.277 e. The van der Waals surface area contributed by atoms with E-state index in [0.717, 1.165) is 12.1 Å².